The molecule has 28 heavy (non-hydrogen) atoms. The van der Waals surface area contributed by atoms with Crippen LogP contribution in [-0.4, -0.2) is 16.1 Å². The topological polar surface area (TPSA) is 54.9 Å². The molecule has 0 unspecified atom stereocenters. The molecule has 140 valence electrons. The van der Waals surface area contributed by atoms with E-state index in [-0.39, 0.29) is 18.1 Å². The number of carbonyl (C=O) groups excluding carboxylic acids is 1. The number of hydrogen-bond acceptors (Lipinski definition) is 5. The van der Waals surface area contributed by atoms with E-state index in [1.54, 1.807) is 12.1 Å². The molecule has 0 spiro atoms. The molecule has 3 aromatic carbocycles. The summed E-state index contributed by atoms with van der Waals surface area (Å²) < 4.78 is 13.7. The Morgan fingerprint density at radius 1 is 1.00 bits per heavy atom. The van der Waals surface area contributed by atoms with Crippen molar-refractivity contribution in [1.29, 1.82) is 0 Å². The molecule has 0 atom stereocenters. The van der Waals surface area contributed by atoms with Crippen molar-refractivity contribution >= 4 is 44.9 Å². The Kier molecular flexibility index (Phi) is 5.64. The molecule has 0 bridgehead atoms. The Labute approximate surface area is 169 Å². The van der Waals surface area contributed by atoms with Gasteiger partial charge in [-0.05, 0) is 34.0 Å². The second-order valence-corrected chi connectivity index (χ2v) is 8.35. The van der Waals surface area contributed by atoms with Gasteiger partial charge in [0.25, 0.3) is 0 Å². The van der Waals surface area contributed by atoms with Crippen LogP contribution in [-0.2, 0) is 17.0 Å². The first-order valence-electron chi connectivity index (χ1n) is 8.64. The number of fused-ring (bicyclic) bond motifs is 1. The summed E-state index contributed by atoms with van der Waals surface area (Å²) in [5.74, 6) is 0.294. The molecule has 4 rings (SSSR count). The summed E-state index contributed by atoms with van der Waals surface area (Å²) in [7, 11) is 0. The fourth-order valence-corrected chi connectivity index (χ4v) is 4.55. The van der Waals surface area contributed by atoms with E-state index in [1.165, 1.54) is 35.2 Å². The number of aromatic nitrogens is 2. The largest absolute Gasteiger partial charge is 0.300 e. The van der Waals surface area contributed by atoms with Crippen LogP contribution in [0.25, 0.3) is 10.8 Å². The van der Waals surface area contributed by atoms with Crippen LogP contribution in [0, 0.1) is 5.82 Å². The van der Waals surface area contributed by atoms with E-state index in [0.29, 0.717) is 10.9 Å². The van der Waals surface area contributed by atoms with Crippen molar-refractivity contribution in [2.75, 3.05) is 5.32 Å². The average Bonchev–Trinajstić information content (AvgIpc) is 3.15. The van der Waals surface area contributed by atoms with Gasteiger partial charge in [-0.3, -0.25) is 4.79 Å². The summed E-state index contributed by atoms with van der Waals surface area (Å²) >= 11 is 2.84. The van der Waals surface area contributed by atoms with Crippen molar-refractivity contribution in [1.82, 2.24) is 10.2 Å². The minimum Gasteiger partial charge on any atom is -0.300 e. The van der Waals surface area contributed by atoms with Crippen molar-refractivity contribution < 1.29 is 9.18 Å². The molecule has 1 amide bonds. The van der Waals surface area contributed by atoms with Crippen LogP contribution in [0.3, 0.4) is 0 Å². The predicted molar refractivity (Wildman–Crippen MR) is 112 cm³/mol. The first-order chi connectivity index (χ1) is 13.7. The Morgan fingerprint density at radius 3 is 2.64 bits per heavy atom. The van der Waals surface area contributed by atoms with Crippen LogP contribution in [0.4, 0.5) is 9.52 Å². The molecular weight excluding hydrogens is 393 g/mol. The van der Waals surface area contributed by atoms with E-state index in [4.69, 9.17) is 0 Å². The summed E-state index contributed by atoms with van der Waals surface area (Å²) in [6.07, 6.45) is 0.277. The average molecular weight is 410 g/mol. The van der Waals surface area contributed by atoms with Gasteiger partial charge in [-0.2, -0.15) is 0 Å². The molecule has 4 nitrogen and oxygen atoms in total. The Bertz CT molecular complexity index is 1110. The molecule has 1 N–H and O–H groups in total. The molecule has 0 fully saturated rings. The second kappa shape index (κ2) is 8.50. The van der Waals surface area contributed by atoms with Crippen LogP contribution >= 0.6 is 23.1 Å². The Balaban J connectivity index is 1.36. The fourth-order valence-electron chi connectivity index (χ4n) is 2.83. The van der Waals surface area contributed by atoms with E-state index in [2.05, 4.69) is 15.5 Å². The zero-order valence-electron chi connectivity index (χ0n) is 14.8. The van der Waals surface area contributed by atoms with Gasteiger partial charge in [0.15, 0.2) is 4.34 Å². The lowest BCUT2D eigenvalue weighted by atomic mass is 10.0. The zero-order chi connectivity index (χ0) is 19.3. The molecule has 1 heterocycles. The third-order valence-corrected chi connectivity index (χ3v) is 6.20. The summed E-state index contributed by atoms with van der Waals surface area (Å²) in [4.78, 5) is 12.4. The normalized spacial score (nSPS) is 10.9. The third-order valence-electron chi connectivity index (χ3n) is 4.16. The van der Waals surface area contributed by atoms with E-state index in [0.717, 1.165) is 26.2 Å². The number of carbonyl (C=O) groups is 1. The molecule has 7 heteroatoms. The highest BCUT2D eigenvalue weighted by molar-refractivity contribution is 8.00. The first-order valence-corrected chi connectivity index (χ1v) is 10.4. The van der Waals surface area contributed by atoms with Crippen LogP contribution in [0.15, 0.2) is 71.1 Å². The molecular formula is C21H16FN3OS2. The van der Waals surface area contributed by atoms with Gasteiger partial charge in [0.2, 0.25) is 11.0 Å². The molecule has 4 aromatic rings. The lowest BCUT2D eigenvalue weighted by Crippen LogP contribution is -2.14. The minimum atomic E-state index is -0.249. The quantitative estimate of drug-likeness (QED) is 0.347. The molecule has 0 saturated carbocycles. The van der Waals surface area contributed by atoms with Gasteiger partial charge in [-0.1, -0.05) is 77.7 Å². The number of benzene rings is 3. The van der Waals surface area contributed by atoms with E-state index in [1.807, 2.05) is 42.5 Å². The number of hydrogen-bond donors (Lipinski definition) is 1. The van der Waals surface area contributed by atoms with Gasteiger partial charge >= 0.3 is 0 Å². The van der Waals surface area contributed by atoms with Gasteiger partial charge in [-0.25, -0.2) is 4.39 Å². The molecule has 0 aliphatic rings. The SMILES string of the molecule is O=C(Cc1cccc2ccccc12)Nc1nnc(SCc2ccc(F)cc2)s1. The molecule has 1 aromatic heterocycles. The second-order valence-electron chi connectivity index (χ2n) is 6.15. The standard InChI is InChI=1S/C21H16FN3OS2/c22-17-10-8-14(9-11-17)13-27-21-25-24-20(28-21)23-19(26)12-16-6-3-5-15-4-1-2-7-18(15)16/h1-11H,12-13H2,(H,23,24,26). The lowest BCUT2D eigenvalue weighted by Gasteiger charge is -2.06. The Hall–Kier alpha value is -2.77. The summed E-state index contributed by atoms with van der Waals surface area (Å²) in [6, 6.07) is 20.3. The highest BCUT2D eigenvalue weighted by Crippen LogP contribution is 2.28. The summed E-state index contributed by atoms with van der Waals surface area (Å²) in [6.45, 7) is 0. The highest BCUT2D eigenvalue weighted by Gasteiger charge is 2.11. The van der Waals surface area contributed by atoms with Gasteiger partial charge in [0.1, 0.15) is 5.82 Å². The van der Waals surface area contributed by atoms with Crippen molar-refractivity contribution in [2.24, 2.45) is 0 Å². The Morgan fingerprint density at radius 2 is 1.79 bits per heavy atom. The van der Waals surface area contributed by atoms with Crippen molar-refractivity contribution in [3.8, 4) is 0 Å². The predicted octanol–water partition coefficient (Wildman–Crippen LogP) is 5.30. The minimum absolute atomic E-state index is 0.123. The maximum atomic E-state index is 12.9. The zero-order valence-corrected chi connectivity index (χ0v) is 16.4. The molecule has 0 saturated heterocycles. The van der Waals surface area contributed by atoms with Crippen LogP contribution in [0.1, 0.15) is 11.1 Å². The monoisotopic (exact) mass is 409 g/mol. The molecule has 0 aliphatic carbocycles. The molecule has 0 radical (unpaired) electrons. The number of rotatable bonds is 6. The van der Waals surface area contributed by atoms with Gasteiger partial charge in [0.05, 0.1) is 6.42 Å². The number of thioether (sulfide) groups is 1. The van der Waals surface area contributed by atoms with E-state index in [9.17, 15) is 9.18 Å². The van der Waals surface area contributed by atoms with Gasteiger partial charge < -0.3 is 5.32 Å². The van der Waals surface area contributed by atoms with Crippen molar-refractivity contribution in [3.63, 3.8) is 0 Å². The van der Waals surface area contributed by atoms with Crippen molar-refractivity contribution in [2.45, 2.75) is 16.5 Å². The summed E-state index contributed by atoms with van der Waals surface area (Å²) in [5, 5.41) is 13.6. The maximum Gasteiger partial charge on any atom is 0.230 e. The van der Waals surface area contributed by atoms with Crippen LogP contribution in [0.5, 0.6) is 0 Å². The third kappa shape index (κ3) is 4.55. The van der Waals surface area contributed by atoms with E-state index >= 15 is 0 Å². The van der Waals surface area contributed by atoms with Crippen LogP contribution in [0.2, 0.25) is 0 Å². The number of anilines is 1. The van der Waals surface area contributed by atoms with Gasteiger partial charge in [0, 0.05) is 5.75 Å². The highest BCUT2D eigenvalue weighted by atomic mass is 32.2. The van der Waals surface area contributed by atoms with Crippen LogP contribution < -0.4 is 5.32 Å². The summed E-state index contributed by atoms with van der Waals surface area (Å²) in [5.41, 5.74) is 1.98. The van der Waals surface area contributed by atoms with E-state index < -0.39 is 0 Å². The number of amides is 1. The number of nitrogens with zero attached hydrogens (tertiary/aromatic N) is 2. The number of nitrogens with one attached hydrogen (secondary N) is 1. The van der Waals surface area contributed by atoms with Crippen molar-refractivity contribution in [3.05, 3.63) is 83.7 Å². The smallest absolute Gasteiger partial charge is 0.230 e. The number of halogens is 1. The fraction of sp³-hybridized carbons (Fsp3) is 0.0952. The maximum absolute atomic E-state index is 12.9. The first kappa shape index (κ1) is 18.6. The lowest BCUT2D eigenvalue weighted by molar-refractivity contribution is -0.115. The molecule has 0 aliphatic heterocycles. The van der Waals surface area contributed by atoms with Gasteiger partial charge in [-0.15, -0.1) is 10.2 Å².